The summed E-state index contributed by atoms with van der Waals surface area (Å²) in [6.45, 7) is 6.38. The van der Waals surface area contributed by atoms with E-state index in [4.69, 9.17) is 5.11 Å². The number of unbranched alkanes of at least 4 members (excludes halogenated alkanes) is 5. The lowest BCUT2D eigenvalue weighted by Crippen LogP contribution is -2.46. The van der Waals surface area contributed by atoms with Crippen LogP contribution in [0.1, 0.15) is 78.6 Å². The van der Waals surface area contributed by atoms with Gasteiger partial charge in [0.2, 0.25) is 5.91 Å². The summed E-state index contributed by atoms with van der Waals surface area (Å²) in [5.41, 5.74) is -0.242. The van der Waals surface area contributed by atoms with Gasteiger partial charge in [0.15, 0.2) is 0 Å². The number of carbonyl (C=O) groups is 1. The van der Waals surface area contributed by atoms with Gasteiger partial charge >= 0.3 is 0 Å². The monoisotopic (exact) mass is 257 g/mol. The lowest BCUT2D eigenvalue weighted by molar-refractivity contribution is -0.123. The van der Waals surface area contributed by atoms with Crippen molar-refractivity contribution < 1.29 is 9.90 Å². The largest absolute Gasteiger partial charge is 0.396 e. The molecule has 2 N–H and O–H groups in total. The van der Waals surface area contributed by atoms with Crippen LogP contribution in [0.25, 0.3) is 0 Å². The third-order valence-electron chi connectivity index (χ3n) is 3.64. The molecule has 0 spiro atoms. The van der Waals surface area contributed by atoms with E-state index in [-0.39, 0.29) is 18.1 Å². The molecule has 108 valence electrons. The van der Waals surface area contributed by atoms with Crippen LogP contribution in [0.3, 0.4) is 0 Å². The Labute approximate surface area is 112 Å². The zero-order valence-corrected chi connectivity index (χ0v) is 12.4. The fourth-order valence-corrected chi connectivity index (χ4v) is 2.04. The van der Waals surface area contributed by atoms with Crippen molar-refractivity contribution >= 4 is 5.91 Å². The normalized spacial score (nSPS) is 14.2. The van der Waals surface area contributed by atoms with E-state index in [9.17, 15) is 4.79 Å². The molecule has 18 heavy (non-hydrogen) atoms. The van der Waals surface area contributed by atoms with Gasteiger partial charge in [0.05, 0.1) is 0 Å². The highest BCUT2D eigenvalue weighted by Crippen LogP contribution is 2.14. The molecule has 0 rings (SSSR count). The van der Waals surface area contributed by atoms with E-state index >= 15 is 0 Å². The first-order chi connectivity index (χ1) is 8.58. The molecule has 0 aliphatic rings. The molecule has 0 aromatic carbocycles. The van der Waals surface area contributed by atoms with Crippen LogP contribution in [-0.2, 0) is 4.79 Å². The first-order valence-corrected chi connectivity index (χ1v) is 7.50. The number of amides is 1. The van der Waals surface area contributed by atoms with Gasteiger partial charge in [-0.15, -0.1) is 0 Å². The van der Waals surface area contributed by atoms with Gasteiger partial charge in [-0.25, -0.2) is 0 Å². The molecule has 1 unspecified atom stereocenters. The van der Waals surface area contributed by atoms with E-state index in [2.05, 4.69) is 12.2 Å². The van der Waals surface area contributed by atoms with Crippen LogP contribution in [-0.4, -0.2) is 23.2 Å². The van der Waals surface area contributed by atoms with Crippen molar-refractivity contribution in [2.24, 2.45) is 0 Å². The minimum Gasteiger partial charge on any atom is -0.396 e. The minimum atomic E-state index is -0.242. The van der Waals surface area contributed by atoms with Gasteiger partial charge in [0.1, 0.15) is 0 Å². The number of rotatable bonds is 11. The summed E-state index contributed by atoms with van der Waals surface area (Å²) in [5.74, 6) is 0.128. The molecule has 1 atom stereocenters. The lowest BCUT2D eigenvalue weighted by atomic mass is 9.94. The molecule has 3 nitrogen and oxygen atoms in total. The van der Waals surface area contributed by atoms with Crippen LogP contribution in [0.2, 0.25) is 0 Å². The van der Waals surface area contributed by atoms with E-state index in [1.54, 1.807) is 0 Å². The topological polar surface area (TPSA) is 49.3 Å². The van der Waals surface area contributed by atoms with E-state index in [1.165, 1.54) is 25.7 Å². The van der Waals surface area contributed by atoms with E-state index in [1.807, 2.05) is 13.8 Å². The highest BCUT2D eigenvalue weighted by molar-refractivity contribution is 5.76. The molecule has 0 saturated heterocycles. The Bertz CT molecular complexity index is 219. The fourth-order valence-electron chi connectivity index (χ4n) is 2.04. The van der Waals surface area contributed by atoms with Gasteiger partial charge in [-0.2, -0.15) is 0 Å². The van der Waals surface area contributed by atoms with Gasteiger partial charge in [-0.1, -0.05) is 46.0 Å². The highest BCUT2D eigenvalue weighted by Gasteiger charge is 2.22. The molecule has 0 saturated carbocycles. The smallest absolute Gasteiger partial charge is 0.220 e. The summed E-state index contributed by atoms with van der Waals surface area (Å²) in [7, 11) is 0. The van der Waals surface area contributed by atoms with E-state index < -0.39 is 0 Å². The standard InChI is InChI=1S/C15H31NO2/c1-4-6-7-8-9-10-11-14(18)16-15(3,5-2)12-13-17/h17H,4-13H2,1-3H3,(H,16,18). The molecule has 0 fully saturated rings. The SMILES string of the molecule is CCCCCCCCC(=O)NC(C)(CC)CCO. The van der Waals surface area contributed by atoms with Gasteiger partial charge in [-0.05, 0) is 26.2 Å². The molecule has 0 aromatic heterocycles. The zero-order valence-electron chi connectivity index (χ0n) is 12.4. The van der Waals surface area contributed by atoms with Crippen LogP contribution in [0, 0.1) is 0 Å². The molecule has 1 amide bonds. The molecular weight excluding hydrogens is 226 g/mol. The summed E-state index contributed by atoms with van der Waals surface area (Å²) < 4.78 is 0. The third-order valence-corrected chi connectivity index (χ3v) is 3.64. The van der Waals surface area contributed by atoms with Crippen molar-refractivity contribution in [2.75, 3.05) is 6.61 Å². The maximum absolute atomic E-state index is 11.8. The van der Waals surface area contributed by atoms with Crippen molar-refractivity contribution in [1.29, 1.82) is 0 Å². The van der Waals surface area contributed by atoms with Crippen molar-refractivity contribution in [1.82, 2.24) is 5.32 Å². The first kappa shape index (κ1) is 17.4. The van der Waals surface area contributed by atoms with Crippen LogP contribution in [0.5, 0.6) is 0 Å². The summed E-state index contributed by atoms with van der Waals surface area (Å²) in [4.78, 5) is 11.8. The number of nitrogens with one attached hydrogen (secondary N) is 1. The van der Waals surface area contributed by atoms with Gasteiger partial charge in [0.25, 0.3) is 0 Å². The molecule has 0 aliphatic heterocycles. The molecule has 0 aromatic rings. The van der Waals surface area contributed by atoms with Gasteiger partial charge in [-0.3, -0.25) is 4.79 Å². The molecule has 0 radical (unpaired) electrons. The second kappa shape index (κ2) is 10.4. The summed E-state index contributed by atoms with van der Waals surface area (Å²) in [6, 6.07) is 0. The molecule has 0 bridgehead atoms. The average Bonchev–Trinajstić information content (AvgIpc) is 2.34. The number of carbonyl (C=O) groups excluding carboxylic acids is 1. The molecule has 0 heterocycles. The highest BCUT2D eigenvalue weighted by atomic mass is 16.3. The predicted molar refractivity (Wildman–Crippen MR) is 76.5 cm³/mol. The van der Waals surface area contributed by atoms with E-state index in [0.29, 0.717) is 12.8 Å². The molecule has 0 aliphatic carbocycles. The van der Waals surface area contributed by atoms with Crippen molar-refractivity contribution in [3.8, 4) is 0 Å². The van der Waals surface area contributed by atoms with Gasteiger partial charge < -0.3 is 10.4 Å². The Kier molecular flexibility index (Phi) is 10.0. The van der Waals surface area contributed by atoms with Crippen LogP contribution in [0.4, 0.5) is 0 Å². The molecular formula is C15H31NO2. The Morgan fingerprint density at radius 2 is 1.72 bits per heavy atom. The lowest BCUT2D eigenvalue weighted by Gasteiger charge is -2.29. The second-order valence-corrected chi connectivity index (χ2v) is 5.45. The van der Waals surface area contributed by atoms with Crippen molar-refractivity contribution in [3.63, 3.8) is 0 Å². The molecule has 3 heteroatoms. The van der Waals surface area contributed by atoms with Crippen molar-refractivity contribution in [2.45, 2.75) is 84.1 Å². The Hall–Kier alpha value is -0.570. The van der Waals surface area contributed by atoms with Crippen LogP contribution < -0.4 is 5.32 Å². The number of hydrogen-bond acceptors (Lipinski definition) is 2. The quantitative estimate of drug-likeness (QED) is 0.557. The maximum atomic E-state index is 11.8. The Morgan fingerprint density at radius 1 is 1.11 bits per heavy atom. The van der Waals surface area contributed by atoms with E-state index in [0.717, 1.165) is 19.3 Å². The minimum absolute atomic E-state index is 0.127. The summed E-state index contributed by atoms with van der Waals surface area (Å²) in [5, 5.41) is 12.0. The summed E-state index contributed by atoms with van der Waals surface area (Å²) >= 11 is 0. The van der Waals surface area contributed by atoms with Crippen LogP contribution in [0.15, 0.2) is 0 Å². The predicted octanol–water partition coefficient (Wildman–Crippen LogP) is 3.40. The Balaban J connectivity index is 3.69. The third kappa shape index (κ3) is 8.51. The van der Waals surface area contributed by atoms with Crippen LogP contribution >= 0.6 is 0 Å². The average molecular weight is 257 g/mol. The maximum Gasteiger partial charge on any atom is 0.220 e. The Morgan fingerprint density at radius 3 is 2.28 bits per heavy atom. The number of hydrogen-bond donors (Lipinski definition) is 2. The second-order valence-electron chi connectivity index (χ2n) is 5.45. The zero-order chi connectivity index (χ0) is 13.9. The first-order valence-electron chi connectivity index (χ1n) is 7.50. The number of aliphatic hydroxyl groups excluding tert-OH is 1. The number of aliphatic hydroxyl groups is 1. The fraction of sp³-hybridized carbons (Fsp3) is 0.933. The summed E-state index contributed by atoms with van der Waals surface area (Å²) in [6.07, 6.45) is 9.32. The van der Waals surface area contributed by atoms with Crippen molar-refractivity contribution in [3.05, 3.63) is 0 Å². The van der Waals surface area contributed by atoms with Gasteiger partial charge in [0, 0.05) is 18.6 Å².